The number of rotatable bonds is 5. The molecule has 1 aliphatic heterocycles. The van der Waals surface area contributed by atoms with Crippen LogP contribution in [0, 0.1) is 12.8 Å². The number of hydrogen-bond acceptors (Lipinski definition) is 6. The average molecular weight is 407 g/mol. The fourth-order valence-electron chi connectivity index (χ4n) is 3.24. The molecular weight excluding hydrogens is 386 g/mol. The minimum atomic E-state index is -4.14. The molecule has 3 N–H and O–H groups in total. The normalized spacial score (nSPS) is 18.0. The van der Waals surface area contributed by atoms with Crippen molar-refractivity contribution in [3.63, 3.8) is 0 Å². The zero-order chi connectivity index (χ0) is 20.3. The number of pyridine rings is 1. The van der Waals surface area contributed by atoms with Gasteiger partial charge in [0.2, 0.25) is 15.9 Å². The predicted molar refractivity (Wildman–Crippen MR) is 100.0 cm³/mol. The van der Waals surface area contributed by atoms with E-state index in [0.29, 0.717) is 19.4 Å². The third-order valence-corrected chi connectivity index (χ3v) is 6.64. The molecule has 3 heterocycles. The summed E-state index contributed by atoms with van der Waals surface area (Å²) in [5, 5.41) is 2.79. The van der Waals surface area contributed by atoms with Gasteiger partial charge in [-0.15, -0.1) is 0 Å². The van der Waals surface area contributed by atoms with Gasteiger partial charge in [0.1, 0.15) is 0 Å². The van der Waals surface area contributed by atoms with Gasteiger partial charge in [-0.05, 0) is 31.4 Å². The van der Waals surface area contributed by atoms with E-state index >= 15 is 0 Å². The first-order chi connectivity index (χ1) is 13.3. The number of H-pyrrole nitrogens is 2. The third-order valence-electron chi connectivity index (χ3n) is 4.62. The lowest BCUT2D eigenvalue weighted by atomic mass is 9.99. The lowest BCUT2D eigenvalue weighted by Crippen LogP contribution is -2.46. The Labute approximate surface area is 161 Å². The van der Waals surface area contributed by atoms with E-state index in [-0.39, 0.29) is 24.7 Å². The Balaban J connectivity index is 1.74. The molecule has 1 saturated heterocycles. The Morgan fingerprint density at radius 1 is 1.36 bits per heavy atom. The SMILES string of the molecule is Cc1[nH]c(=O)[nH]c(=O)c1S(=O)(=O)N1CCCC(C(=O)NCc2cccnc2)C1. The second-order valence-electron chi connectivity index (χ2n) is 6.64. The van der Waals surface area contributed by atoms with Crippen molar-refractivity contribution in [2.75, 3.05) is 13.1 Å². The highest BCUT2D eigenvalue weighted by Crippen LogP contribution is 2.23. The Morgan fingerprint density at radius 3 is 2.82 bits per heavy atom. The van der Waals surface area contributed by atoms with Gasteiger partial charge in [0, 0.05) is 37.7 Å². The molecule has 3 rings (SSSR count). The summed E-state index contributed by atoms with van der Waals surface area (Å²) >= 11 is 0. The Bertz CT molecular complexity index is 1080. The van der Waals surface area contributed by atoms with E-state index in [4.69, 9.17) is 0 Å². The molecule has 28 heavy (non-hydrogen) atoms. The van der Waals surface area contributed by atoms with Crippen molar-refractivity contribution < 1.29 is 13.2 Å². The lowest BCUT2D eigenvalue weighted by Gasteiger charge is -2.31. The number of sulfonamides is 1. The molecule has 1 atom stereocenters. The van der Waals surface area contributed by atoms with Crippen LogP contribution in [0.2, 0.25) is 0 Å². The van der Waals surface area contributed by atoms with Gasteiger partial charge < -0.3 is 10.3 Å². The summed E-state index contributed by atoms with van der Waals surface area (Å²) in [6.45, 7) is 1.83. The summed E-state index contributed by atoms with van der Waals surface area (Å²) in [7, 11) is -4.14. The van der Waals surface area contributed by atoms with E-state index < -0.39 is 32.1 Å². The Kier molecular flexibility index (Phi) is 5.75. The zero-order valence-electron chi connectivity index (χ0n) is 15.3. The second-order valence-corrected chi connectivity index (χ2v) is 8.52. The summed E-state index contributed by atoms with van der Waals surface area (Å²) in [5.41, 5.74) is -0.930. The van der Waals surface area contributed by atoms with E-state index in [2.05, 4.69) is 15.3 Å². The number of piperidine rings is 1. The van der Waals surface area contributed by atoms with Gasteiger partial charge in [-0.25, -0.2) is 13.2 Å². The van der Waals surface area contributed by atoms with Crippen molar-refractivity contribution in [3.05, 3.63) is 56.6 Å². The van der Waals surface area contributed by atoms with Gasteiger partial charge in [0.15, 0.2) is 4.90 Å². The molecule has 0 spiro atoms. The van der Waals surface area contributed by atoms with E-state index in [1.165, 1.54) is 6.92 Å². The van der Waals surface area contributed by atoms with Gasteiger partial charge in [0.25, 0.3) is 5.56 Å². The van der Waals surface area contributed by atoms with Crippen molar-refractivity contribution in [1.82, 2.24) is 24.6 Å². The number of amides is 1. The largest absolute Gasteiger partial charge is 0.352 e. The maximum atomic E-state index is 12.9. The average Bonchev–Trinajstić information content (AvgIpc) is 2.66. The highest BCUT2D eigenvalue weighted by atomic mass is 32.2. The van der Waals surface area contributed by atoms with Crippen LogP contribution in [0.25, 0.3) is 0 Å². The molecule has 0 aliphatic carbocycles. The molecule has 0 bridgehead atoms. The Hall–Kier alpha value is -2.79. The van der Waals surface area contributed by atoms with Crippen molar-refractivity contribution in [2.45, 2.75) is 31.2 Å². The summed E-state index contributed by atoms with van der Waals surface area (Å²) in [6, 6.07) is 3.59. The van der Waals surface area contributed by atoms with Gasteiger partial charge >= 0.3 is 5.69 Å². The first kappa shape index (κ1) is 20.0. The number of aromatic amines is 2. The molecule has 2 aromatic heterocycles. The number of nitrogens with zero attached hydrogens (tertiary/aromatic N) is 2. The number of carbonyl (C=O) groups is 1. The quantitative estimate of drug-likeness (QED) is 0.608. The van der Waals surface area contributed by atoms with Crippen LogP contribution in [0.15, 0.2) is 39.0 Å². The number of carbonyl (C=O) groups excluding carboxylic acids is 1. The maximum absolute atomic E-state index is 12.9. The minimum Gasteiger partial charge on any atom is -0.352 e. The van der Waals surface area contributed by atoms with Crippen LogP contribution in [-0.2, 0) is 21.4 Å². The summed E-state index contributed by atoms with van der Waals surface area (Å²) in [6.07, 6.45) is 4.31. The van der Waals surface area contributed by atoms with Gasteiger partial charge in [0.05, 0.1) is 5.92 Å². The van der Waals surface area contributed by atoms with Gasteiger partial charge in [-0.1, -0.05) is 6.07 Å². The number of aryl methyl sites for hydroxylation is 1. The summed E-state index contributed by atoms with van der Waals surface area (Å²) in [4.78, 5) is 43.6. The molecular formula is C17H21N5O5S. The monoisotopic (exact) mass is 407 g/mol. The maximum Gasteiger partial charge on any atom is 0.325 e. The molecule has 0 saturated carbocycles. The molecule has 10 nitrogen and oxygen atoms in total. The van der Waals surface area contributed by atoms with Crippen molar-refractivity contribution in [2.24, 2.45) is 5.92 Å². The summed E-state index contributed by atoms with van der Waals surface area (Å²) in [5.74, 6) is -0.779. The first-order valence-electron chi connectivity index (χ1n) is 8.79. The standard InChI is InChI=1S/C17H21N5O5S/c1-11-14(16(24)21-17(25)20-11)28(26,27)22-7-3-5-13(10-22)15(23)19-9-12-4-2-6-18-8-12/h2,4,6,8,13H,3,5,7,9-10H2,1H3,(H,19,23)(H2,20,21,24,25). The predicted octanol–water partition coefficient (Wildman–Crippen LogP) is -0.516. The second kappa shape index (κ2) is 8.07. The number of aromatic nitrogens is 3. The smallest absolute Gasteiger partial charge is 0.325 e. The molecule has 150 valence electrons. The number of nitrogens with one attached hydrogen (secondary N) is 3. The molecule has 1 aliphatic rings. The minimum absolute atomic E-state index is 0.0286. The molecule has 0 radical (unpaired) electrons. The van der Waals surface area contributed by atoms with Gasteiger partial charge in [-0.3, -0.25) is 19.6 Å². The highest BCUT2D eigenvalue weighted by molar-refractivity contribution is 7.89. The highest BCUT2D eigenvalue weighted by Gasteiger charge is 2.35. The van der Waals surface area contributed by atoms with Gasteiger partial charge in [-0.2, -0.15) is 4.31 Å². The molecule has 2 aromatic rings. The topological polar surface area (TPSA) is 145 Å². The van der Waals surface area contributed by atoms with Crippen LogP contribution >= 0.6 is 0 Å². The van der Waals surface area contributed by atoms with Crippen LogP contribution in [0.1, 0.15) is 24.1 Å². The van der Waals surface area contributed by atoms with Crippen molar-refractivity contribution in [1.29, 1.82) is 0 Å². The van der Waals surface area contributed by atoms with Crippen LogP contribution < -0.4 is 16.6 Å². The van der Waals surface area contributed by atoms with Crippen molar-refractivity contribution >= 4 is 15.9 Å². The van der Waals surface area contributed by atoms with E-state index in [1.54, 1.807) is 18.5 Å². The molecule has 1 fully saturated rings. The van der Waals surface area contributed by atoms with Crippen molar-refractivity contribution in [3.8, 4) is 0 Å². The van der Waals surface area contributed by atoms with E-state index in [9.17, 15) is 22.8 Å². The van der Waals surface area contributed by atoms with Crippen LogP contribution in [0.3, 0.4) is 0 Å². The van der Waals surface area contributed by atoms with Crippen LogP contribution in [0.5, 0.6) is 0 Å². The summed E-state index contributed by atoms with van der Waals surface area (Å²) < 4.78 is 27.0. The third kappa shape index (κ3) is 4.20. The lowest BCUT2D eigenvalue weighted by molar-refractivity contribution is -0.126. The van der Waals surface area contributed by atoms with Crippen LogP contribution in [0.4, 0.5) is 0 Å². The molecule has 0 aromatic carbocycles. The zero-order valence-corrected chi connectivity index (χ0v) is 16.1. The van der Waals surface area contributed by atoms with E-state index in [1.807, 2.05) is 11.1 Å². The van der Waals surface area contributed by atoms with E-state index in [0.717, 1.165) is 9.87 Å². The molecule has 11 heteroatoms. The Morgan fingerprint density at radius 2 is 2.14 bits per heavy atom. The van der Waals surface area contributed by atoms with Crippen LogP contribution in [-0.4, -0.2) is 46.7 Å². The fourth-order valence-corrected chi connectivity index (χ4v) is 4.97. The molecule has 1 unspecified atom stereocenters. The first-order valence-corrected chi connectivity index (χ1v) is 10.2. The fraction of sp³-hybridized carbons (Fsp3) is 0.412. The number of hydrogen-bond donors (Lipinski definition) is 3. The molecule has 1 amide bonds.